The number of allylic oxidation sites excluding steroid dienone is 2. The van der Waals surface area contributed by atoms with Crippen molar-refractivity contribution in [2.45, 2.75) is 13.8 Å². The second-order valence-electron chi connectivity index (χ2n) is 3.47. The highest BCUT2D eigenvalue weighted by Crippen LogP contribution is 2.12. The highest BCUT2D eigenvalue weighted by molar-refractivity contribution is 5.92. The molecular weight excluding hydrogens is 216 g/mol. The molecule has 90 valence electrons. The fourth-order valence-electron chi connectivity index (χ4n) is 1.49. The number of hydrogen-bond acceptors (Lipinski definition) is 3. The first kappa shape index (κ1) is 13.0. The number of carbonyl (C=O) groups is 1. The highest BCUT2D eigenvalue weighted by atomic mass is 16.5. The maximum Gasteiger partial charge on any atom is 0.341 e. The van der Waals surface area contributed by atoms with Crippen LogP contribution in [0.15, 0.2) is 24.3 Å². The van der Waals surface area contributed by atoms with E-state index in [9.17, 15) is 9.90 Å². The molecular formula is C14H16O3. The van der Waals surface area contributed by atoms with Crippen molar-refractivity contribution in [3.8, 4) is 5.75 Å². The Balaban J connectivity index is 3.55. The lowest BCUT2D eigenvalue weighted by molar-refractivity contribution is 0.0597. The van der Waals surface area contributed by atoms with Crippen LogP contribution < -0.4 is 10.4 Å². The summed E-state index contributed by atoms with van der Waals surface area (Å²) in [4.78, 5) is 11.4. The molecule has 0 bridgehead atoms. The molecule has 0 heterocycles. The number of esters is 1. The lowest BCUT2D eigenvalue weighted by Crippen LogP contribution is -2.25. The number of phenolic OH excluding ortho intramolecular Hbond substituents is 1. The zero-order valence-electron chi connectivity index (χ0n) is 10.2. The maximum atomic E-state index is 11.4. The van der Waals surface area contributed by atoms with E-state index >= 15 is 0 Å². The fraction of sp³-hybridized carbons (Fsp3) is 0.214. The first-order valence-corrected chi connectivity index (χ1v) is 5.34. The van der Waals surface area contributed by atoms with E-state index in [1.807, 2.05) is 38.2 Å². The first-order chi connectivity index (χ1) is 8.13. The van der Waals surface area contributed by atoms with Gasteiger partial charge in [0.1, 0.15) is 11.3 Å². The fourth-order valence-corrected chi connectivity index (χ4v) is 1.49. The second-order valence-corrected chi connectivity index (χ2v) is 3.47. The summed E-state index contributed by atoms with van der Waals surface area (Å²) in [7, 11) is 1.29. The van der Waals surface area contributed by atoms with E-state index in [1.54, 1.807) is 12.1 Å². The minimum absolute atomic E-state index is 0.0671. The molecule has 0 atom stereocenters. The van der Waals surface area contributed by atoms with E-state index in [0.29, 0.717) is 0 Å². The third-order valence-corrected chi connectivity index (χ3v) is 2.39. The van der Waals surface area contributed by atoms with Crippen molar-refractivity contribution in [1.29, 1.82) is 0 Å². The van der Waals surface area contributed by atoms with Gasteiger partial charge < -0.3 is 9.84 Å². The van der Waals surface area contributed by atoms with Crippen LogP contribution in [0.4, 0.5) is 0 Å². The van der Waals surface area contributed by atoms with Crippen molar-refractivity contribution >= 4 is 18.1 Å². The van der Waals surface area contributed by atoms with Crippen LogP contribution >= 0.6 is 0 Å². The summed E-state index contributed by atoms with van der Waals surface area (Å²) in [5.74, 6) is -0.608. The zero-order valence-corrected chi connectivity index (χ0v) is 10.2. The predicted octanol–water partition coefficient (Wildman–Crippen LogP) is 1.34. The Bertz CT molecular complexity index is 554. The van der Waals surface area contributed by atoms with Gasteiger partial charge in [-0.15, -0.1) is 0 Å². The van der Waals surface area contributed by atoms with Gasteiger partial charge in [0.25, 0.3) is 0 Å². The summed E-state index contributed by atoms with van der Waals surface area (Å²) < 4.78 is 4.61. The normalized spacial score (nSPS) is 13.4. The molecule has 0 saturated carbocycles. The van der Waals surface area contributed by atoms with Gasteiger partial charge in [-0.05, 0) is 36.4 Å². The topological polar surface area (TPSA) is 46.5 Å². The van der Waals surface area contributed by atoms with Crippen LogP contribution in [0.5, 0.6) is 5.75 Å². The SMILES string of the molecule is C\C=C/C=c1/cc(C(=O)OC)c(O)c/c1=C/C. The van der Waals surface area contributed by atoms with Crippen LogP contribution in [0.1, 0.15) is 24.2 Å². The van der Waals surface area contributed by atoms with E-state index in [0.717, 1.165) is 10.4 Å². The van der Waals surface area contributed by atoms with E-state index in [4.69, 9.17) is 0 Å². The third kappa shape index (κ3) is 2.97. The predicted molar refractivity (Wildman–Crippen MR) is 68.1 cm³/mol. The van der Waals surface area contributed by atoms with Crippen LogP contribution in [0.25, 0.3) is 12.2 Å². The summed E-state index contributed by atoms with van der Waals surface area (Å²) >= 11 is 0. The van der Waals surface area contributed by atoms with Crippen molar-refractivity contribution < 1.29 is 14.6 Å². The van der Waals surface area contributed by atoms with Crippen LogP contribution in [-0.2, 0) is 4.74 Å². The average Bonchev–Trinajstić information content (AvgIpc) is 2.35. The van der Waals surface area contributed by atoms with Gasteiger partial charge in [0.15, 0.2) is 0 Å². The lowest BCUT2D eigenvalue weighted by Gasteiger charge is -2.02. The Morgan fingerprint density at radius 3 is 2.53 bits per heavy atom. The van der Waals surface area contributed by atoms with Gasteiger partial charge in [-0.25, -0.2) is 4.79 Å². The summed E-state index contributed by atoms with van der Waals surface area (Å²) in [5.41, 5.74) is 0.175. The van der Waals surface area contributed by atoms with Crippen molar-refractivity contribution in [2.75, 3.05) is 7.11 Å². The molecule has 0 saturated heterocycles. The van der Waals surface area contributed by atoms with Crippen LogP contribution in [-0.4, -0.2) is 18.2 Å². The smallest absolute Gasteiger partial charge is 0.341 e. The van der Waals surface area contributed by atoms with Gasteiger partial charge in [-0.2, -0.15) is 0 Å². The molecule has 1 rings (SSSR count). The van der Waals surface area contributed by atoms with E-state index < -0.39 is 5.97 Å². The summed E-state index contributed by atoms with van der Waals surface area (Å²) in [6, 6.07) is 3.18. The molecule has 0 aliphatic carbocycles. The Morgan fingerprint density at radius 2 is 2.00 bits per heavy atom. The van der Waals surface area contributed by atoms with Crippen molar-refractivity contribution in [3.63, 3.8) is 0 Å². The molecule has 3 heteroatoms. The molecule has 0 aromatic heterocycles. The summed E-state index contributed by atoms with van der Waals surface area (Å²) in [6.45, 7) is 3.78. The number of rotatable bonds is 2. The number of methoxy groups -OCH3 is 1. The monoisotopic (exact) mass is 232 g/mol. The largest absolute Gasteiger partial charge is 0.507 e. The molecule has 1 aromatic rings. The first-order valence-electron chi connectivity index (χ1n) is 5.34. The molecule has 0 radical (unpaired) electrons. The molecule has 0 spiro atoms. The van der Waals surface area contributed by atoms with E-state index in [2.05, 4.69) is 4.74 Å². The third-order valence-electron chi connectivity index (χ3n) is 2.39. The number of hydrogen-bond donors (Lipinski definition) is 1. The highest BCUT2D eigenvalue weighted by Gasteiger charge is 2.10. The number of phenols is 1. The molecule has 0 fully saturated rings. The molecule has 1 aromatic carbocycles. The summed E-state index contributed by atoms with van der Waals surface area (Å²) in [6.07, 6.45) is 7.52. The second kappa shape index (κ2) is 5.89. The Kier molecular flexibility index (Phi) is 4.52. The molecule has 0 unspecified atom stereocenters. The quantitative estimate of drug-likeness (QED) is 0.783. The van der Waals surface area contributed by atoms with Gasteiger partial charge in [-0.1, -0.05) is 24.3 Å². The van der Waals surface area contributed by atoms with Crippen molar-refractivity contribution in [1.82, 2.24) is 0 Å². The standard InChI is InChI=1S/C14H16O3/c1-4-6-7-11-8-12(14(16)17-3)13(15)9-10(11)5-2/h4-9,15H,1-3H3/b6-4-,10-5-,11-7-. The Hall–Kier alpha value is -2.03. The van der Waals surface area contributed by atoms with Gasteiger partial charge in [0.2, 0.25) is 0 Å². The van der Waals surface area contributed by atoms with Crippen LogP contribution in [0, 0.1) is 0 Å². The van der Waals surface area contributed by atoms with Crippen molar-refractivity contribution in [2.24, 2.45) is 0 Å². The minimum atomic E-state index is -0.541. The zero-order chi connectivity index (χ0) is 12.8. The molecule has 0 aliphatic heterocycles. The lowest BCUT2D eigenvalue weighted by atomic mass is 10.1. The summed E-state index contributed by atoms with van der Waals surface area (Å²) in [5, 5.41) is 11.5. The molecule has 0 aliphatic rings. The van der Waals surface area contributed by atoms with E-state index in [-0.39, 0.29) is 11.3 Å². The molecule has 3 nitrogen and oxygen atoms in total. The van der Waals surface area contributed by atoms with Crippen LogP contribution in [0.3, 0.4) is 0 Å². The van der Waals surface area contributed by atoms with Gasteiger partial charge in [-0.3, -0.25) is 0 Å². The number of aromatic hydroxyl groups is 1. The Labute approximate surface area is 100 Å². The Morgan fingerprint density at radius 1 is 1.29 bits per heavy atom. The van der Waals surface area contributed by atoms with Crippen molar-refractivity contribution in [3.05, 3.63) is 40.3 Å². The van der Waals surface area contributed by atoms with Gasteiger partial charge in [0.05, 0.1) is 7.11 Å². The number of carbonyl (C=O) groups excluding carboxylic acids is 1. The van der Waals surface area contributed by atoms with E-state index in [1.165, 1.54) is 7.11 Å². The van der Waals surface area contributed by atoms with Gasteiger partial charge >= 0.3 is 5.97 Å². The molecule has 1 N–H and O–H groups in total. The molecule has 17 heavy (non-hydrogen) atoms. The minimum Gasteiger partial charge on any atom is -0.507 e. The maximum absolute atomic E-state index is 11.4. The molecule has 0 amide bonds. The number of benzene rings is 1. The number of ether oxygens (including phenoxy) is 1. The average molecular weight is 232 g/mol. The van der Waals surface area contributed by atoms with Crippen LogP contribution in [0.2, 0.25) is 0 Å². The van der Waals surface area contributed by atoms with Gasteiger partial charge in [0, 0.05) is 0 Å².